The molecule has 126 valence electrons. The summed E-state index contributed by atoms with van der Waals surface area (Å²) in [5.74, 6) is -3.13. The van der Waals surface area contributed by atoms with Crippen LogP contribution in [-0.4, -0.2) is 11.7 Å². The Bertz CT molecular complexity index is 818. The summed E-state index contributed by atoms with van der Waals surface area (Å²) in [6, 6.07) is 14.4. The number of carbonyl (C=O) groups is 2. The fourth-order valence-electron chi connectivity index (χ4n) is 2.14. The van der Waals surface area contributed by atoms with Gasteiger partial charge < -0.3 is 5.32 Å². The van der Waals surface area contributed by atoms with Gasteiger partial charge in [0, 0.05) is 5.69 Å². The molecule has 0 aromatic heterocycles. The van der Waals surface area contributed by atoms with Gasteiger partial charge in [-0.1, -0.05) is 37.3 Å². The highest BCUT2D eigenvalue weighted by Crippen LogP contribution is 2.13. The van der Waals surface area contributed by atoms with Gasteiger partial charge in [-0.15, -0.1) is 0 Å². The van der Waals surface area contributed by atoms with Crippen LogP contribution in [0.2, 0.25) is 0 Å². The largest absolute Gasteiger partial charge is 0.325 e. The number of benzene rings is 2. The molecule has 0 fully saturated rings. The summed E-state index contributed by atoms with van der Waals surface area (Å²) in [7, 11) is 0. The topological polar surface area (TPSA) is 70.0 Å². The van der Waals surface area contributed by atoms with E-state index >= 15 is 0 Å². The second kappa shape index (κ2) is 8.55. The minimum absolute atomic E-state index is 0.383. The second-order valence-corrected chi connectivity index (χ2v) is 5.39. The molecule has 0 radical (unpaired) electrons. The first-order valence-corrected chi connectivity index (χ1v) is 7.80. The molecule has 1 atom stereocenters. The maximum atomic E-state index is 12.8. The molecule has 2 aromatic rings. The molecule has 1 unspecified atom stereocenters. The number of nitrogens with zero attached hydrogens (tertiary/aromatic N) is 1. The van der Waals surface area contributed by atoms with Gasteiger partial charge >= 0.3 is 0 Å². The van der Waals surface area contributed by atoms with Crippen molar-refractivity contribution in [3.05, 3.63) is 71.6 Å². The Balaban J connectivity index is 2.03. The number of allylic oxidation sites excluding steroid dienone is 1. The van der Waals surface area contributed by atoms with Crippen LogP contribution in [0.25, 0.3) is 6.08 Å². The molecule has 25 heavy (non-hydrogen) atoms. The van der Waals surface area contributed by atoms with Gasteiger partial charge in [0.05, 0.1) is 6.07 Å². The van der Waals surface area contributed by atoms with E-state index < -0.39 is 17.6 Å². The number of rotatable bonds is 6. The third-order valence-corrected chi connectivity index (χ3v) is 3.62. The van der Waals surface area contributed by atoms with Crippen molar-refractivity contribution in [1.29, 1.82) is 5.26 Å². The number of ketones is 1. The summed E-state index contributed by atoms with van der Waals surface area (Å²) in [5, 5.41) is 11.7. The molecule has 0 heterocycles. The van der Waals surface area contributed by atoms with Crippen LogP contribution in [0.3, 0.4) is 0 Å². The Morgan fingerprint density at radius 3 is 2.36 bits per heavy atom. The summed E-state index contributed by atoms with van der Waals surface area (Å²) in [6.45, 7) is 2.02. The molecule has 2 aromatic carbocycles. The van der Waals surface area contributed by atoms with Crippen LogP contribution in [-0.2, 0) is 16.0 Å². The van der Waals surface area contributed by atoms with Crippen molar-refractivity contribution in [2.24, 2.45) is 5.92 Å². The number of halogens is 1. The summed E-state index contributed by atoms with van der Waals surface area (Å²) < 4.78 is 12.8. The van der Waals surface area contributed by atoms with Crippen LogP contribution in [0, 0.1) is 23.1 Å². The Kier molecular flexibility index (Phi) is 6.19. The van der Waals surface area contributed by atoms with E-state index in [0.29, 0.717) is 11.3 Å². The average Bonchev–Trinajstić information content (AvgIpc) is 2.62. The van der Waals surface area contributed by atoms with Crippen molar-refractivity contribution in [1.82, 2.24) is 0 Å². The van der Waals surface area contributed by atoms with Gasteiger partial charge in [0.15, 0.2) is 11.7 Å². The van der Waals surface area contributed by atoms with Gasteiger partial charge in [0.2, 0.25) is 5.91 Å². The quantitative estimate of drug-likeness (QED) is 0.645. The summed E-state index contributed by atoms with van der Waals surface area (Å²) in [5.41, 5.74) is 2.24. The van der Waals surface area contributed by atoms with E-state index in [1.807, 2.05) is 19.1 Å². The minimum Gasteiger partial charge on any atom is -0.325 e. The molecule has 0 saturated carbocycles. The molecule has 0 saturated heterocycles. The van der Waals surface area contributed by atoms with E-state index in [0.717, 1.165) is 18.1 Å². The zero-order chi connectivity index (χ0) is 18.2. The molecular weight excluding hydrogens is 319 g/mol. The summed E-state index contributed by atoms with van der Waals surface area (Å²) in [4.78, 5) is 24.3. The van der Waals surface area contributed by atoms with Gasteiger partial charge in [-0.2, -0.15) is 5.26 Å². The van der Waals surface area contributed by atoms with Crippen LogP contribution < -0.4 is 5.32 Å². The van der Waals surface area contributed by atoms with Crippen LogP contribution in [0.4, 0.5) is 10.1 Å². The van der Waals surface area contributed by atoms with Gasteiger partial charge in [-0.3, -0.25) is 9.59 Å². The minimum atomic E-state index is -1.44. The van der Waals surface area contributed by atoms with E-state index in [9.17, 15) is 14.0 Å². The third-order valence-electron chi connectivity index (χ3n) is 3.62. The fraction of sp³-hybridized carbons (Fsp3) is 0.150. The number of nitrogens with one attached hydrogen (secondary N) is 1. The first-order valence-electron chi connectivity index (χ1n) is 7.80. The Hall–Kier alpha value is -3.26. The van der Waals surface area contributed by atoms with Crippen molar-refractivity contribution >= 4 is 23.5 Å². The van der Waals surface area contributed by atoms with E-state index in [2.05, 4.69) is 5.32 Å². The van der Waals surface area contributed by atoms with Gasteiger partial charge in [0.25, 0.3) is 0 Å². The van der Waals surface area contributed by atoms with E-state index in [1.165, 1.54) is 30.3 Å². The zero-order valence-corrected chi connectivity index (χ0v) is 13.7. The molecule has 0 spiro atoms. The molecule has 0 aliphatic carbocycles. The predicted molar refractivity (Wildman–Crippen MR) is 94.0 cm³/mol. The summed E-state index contributed by atoms with van der Waals surface area (Å²) >= 11 is 0. The molecule has 0 bridgehead atoms. The maximum absolute atomic E-state index is 12.8. The second-order valence-electron chi connectivity index (χ2n) is 5.39. The van der Waals surface area contributed by atoms with E-state index in [4.69, 9.17) is 5.26 Å². The number of hydrogen-bond acceptors (Lipinski definition) is 3. The molecular formula is C20H17FN2O2. The van der Waals surface area contributed by atoms with E-state index in [1.54, 1.807) is 18.2 Å². The van der Waals surface area contributed by atoms with Crippen LogP contribution >= 0.6 is 0 Å². The predicted octanol–water partition coefficient (Wildman–Crippen LogP) is 3.75. The van der Waals surface area contributed by atoms with E-state index in [-0.39, 0.29) is 5.82 Å². The highest BCUT2D eigenvalue weighted by atomic mass is 19.1. The molecule has 2 rings (SSSR count). The molecule has 0 aliphatic rings. The van der Waals surface area contributed by atoms with Crippen molar-refractivity contribution < 1.29 is 14.0 Å². The molecule has 4 nitrogen and oxygen atoms in total. The Morgan fingerprint density at radius 2 is 1.80 bits per heavy atom. The van der Waals surface area contributed by atoms with Crippen molar-refractivity contribution in [2.75, 3.05) is 5.32 Å². The highest BCUT2D eigenvalue weighted by molar-refractivity contribution is 6.14. The zero-order valence-electron chi connectivity index (χ0n) is 13.7. The van der Waals surface area contributed by atoms with Crippen molar-refractivity contribution in [3.63, 3.8) is 0 Å². The maximum Gasteiger partial charge on any atom is 0.249 e. The molecule has 1 amide bonds. The number of anilines is 1. The normalized spacial score (nSPS) is 11.7. The lowest BCUT2D eigenvalue weighted by Gasteiger charge is -2.08. The highest BCUT2D eigenvalue weighted by Gasteiger charge is 2.24. The van der Waals surface area contributed by atoms with Crippen LogP contribution in [0.5, 0.6) is 0 Å². The number of nitriles is 1. The monoisotopic (exact) mass is 336 g/mol. The smallest absolute Gasteiger partial charge is 0.249 e. The number of aryl methyl sites for hydroxylation is 1. The average molecular weight is 336 g/mol. The van der Waals surface area contributed by atoms with Gasteiger partial charge in [-0.05, 0) is 47.9 Å². The fourth-order valence-corrected chi connectivity index (χ4v) is 2.14. The van der Waals surface area contributed by atoms with Crippen LogP contribution in [0.15, 0.2) is 54.6 Å². The Labute approximate surface area is 145 Å². The Morgan fingerprint density at radius 1 is 1.16 bits per heavy atom. The van der Waals surface area contributed by atoms with Crippen LogP contribution in [0.1, 0.15) is 18.1 Å². The molecule has 0 aliphatic heterocycles. The number of amides is 1. The SMILES string of the molecule is CCc1ccc(NC(=O)C(C#N)C(=O)/C=C/c2ccc(F)cc2)cc1. The first kappa shape index (κ1) is 18.1. The van der Waals surface area contributed by atoms with Crippen molar-refractivity contribution in [2.45, 2.75) is 13.3 Å². The third kappa shape index (κ3) is 5.11. The summed E-state index contributed by atoms with van der Waals surface area (Å²) in [6.07, 6.45) is 3.47. The molecule has 1 N–H and O–H groups in total. The lowest BCUT2D eigenvalue weighted by molar-refractivity contribution is -0.126. The van der Waals surface area contributed by atoms with Gasteiger partial charge in [-0.25, -0.2) is 4.39 Å². The number of carbonyl (C=O) groups excluding carboxylic acids is 2. The first-order chi connectivity index (χ1) is 12.0. The van der Waals surface area contributed by atoms with Crippen molar-refractivity contribution in [3.8, 4) is 6.07 Å². The molecule has 5 heteroatoms. The lowest BCUT2D eigenvalue weighted by atomic mass is 10.0. The van der Waals surface area contributed by atoms with Gasteiger partial charge in [0.1, 0.15) is 5.82 Å². The number of hydrogen-bond donors (Lipinski definition) is 1. The lowest BCUT2D eigenvalue weighted by Crippen LogP contribution is -2.27. The standard InChI is InChI=1S/C20H17FN2O2/c1-2-14-5-10-17(11-6-14)23-20(25)18(13-22)19(24)12-7-15-3-8-16(21)9-4-15/h3-12,18H,2H2,1H3,(H,23,25)/b12-7+.